The third-order valence-electron chi connectivity index (χ3n) is 1.71. The van der Waals surface area contributed by atoms with Crippen LogP contribution in [0.5, 0.6) is 0 Å². The van der Waals surface area contributed by atoms with E-state index in [0.29, 0.717) is 5.57 Å². The van der Waals surface area contributed by atoms with Gasteiger partial charge in [-0.3, -0.25) is 4.79 Å². The van der Waals surface area contributed by atoms with E-state index in [4.69, 9.17) is 0 Å². The van der Waals surface area contributed by atoms with Crippen molar-refractivity contribution in [3.8, 4) is 0 Å². The Kier molecular flexibility index (Phi) is 4.18. The van der Waals surface area contributed by atoms with Crippen molar-refractivity contribution >= 4 is 5.97 Å². The van der Waals surface area contributed by atoms with Gasteiger partial charge >= 0.3 is 5.97 Å². The van der Waals surface area contributed by atoms with Crippen LogP contribution in [0.4, 0.5) is 0 Å². The van der Waals surface area contributed by atoms with E-state index in [-0.39, 0.29) is 0 Å². The van der Waals surface area contributed by atoms with Crippen LogP contribution < -0.4 is 5.11 Å². The smallest absolute Gasteiger partial charge is 0.312 e. The van der Waals surface area contributed by atoms with Gasteiger partial charge in [0.15, 0.2) is 0 Å². The minimum atomic E-state index is -0.539. The van der Waals surface area contributed by atoms with Crippen molar-refractivity contribution in [2.45, 2.75) is 13.8 Å². The van der Waals surface area contributed by atoms with Crippen LogP contribution in [0.25, 0.3) is 0 Å². The molecule has 0 radical (unpaired) electrons. The number of ether oxygens (including phenoxy) is 2. The van der Waals surface area contributed by atoms with E-state index >= 15 is 0 Å². The fourth-order valence-electron chi connectivity index (χ4n) is 0.691. The lowest BCUT2D eigenvalue weighted by atomic mass is 10.0. The number of methoxy groups -OCH3 is 2. The Bertz CT molecular complexity index is 195. The van der Waals surface area contributed by atoms with E-state index in [0.717, 1.165) is 0 Å². The summed E-state index contributed by atoms with van der Waals surface area (Å²) in [6, 6.07) is 0. The molecule has 0 aromatic heterocycles. The Morgan fingerprint density at radius 2 is 1.83 bits per heavy atom. The van der Waals surface area contributed by atoms with Gasteiger partial charge in [-0.2, -0.15) is 0 Å². The average Bonchev–Trinajstić information content (AvgIpc) is 2.12. The second kappa shape index (κ2) is 4.64. The van der Waals surface area contributed by atoms with Crippen LogP contribution in [0.1, 0.15) is 13.8 Å². The molecule has 0 aromatic rings. The van der Waals surface area contributed by atoms with Gasteiger partial charge in [-0.15, -0.1) is 0 Å². The first kappa shape index (κ1) is 10.8. The molecule has 0 aliphatic rings. The molecule has 1 unspecified atom stereocenters. The zero-order chi connectivity index (χ0) is 9.72. The number of hydrogen-bond acceptors (Lipinski definition) is 4. The average molecular weight is 173 g/mol. The molecule has 1 atom stereocenters. The molecule has 4 nitrogen and oxygen atoms in total. The minimum absolute atomic E-state index is 0.351. The fraction of sp³-hybridized carbons (Fsp3) is 0.625. The second-order valence-corrected chi connectivity index (χ2v) is 2.42. The van der Waals surface area contributed by atoms with Crippen molar-refractivity contribution in [1.29, 1.82) is 0 Å². The molecule has 0 bridgehead atoms. The van der Waals surface area contributed by atoms with E-state index in [1.807, 2.05) is 0 Å². The van der Waals surface area contributed by atoms with Gasteiger partial charge in [0.25, 0.3) is 0 Å². The van der Waals surface area contributed by atoms with Crippen molar-refractivity contribution in [1.82, 2.24) is 0 Å². The molecule has 0 saturated carbocycles. The molecule has 0 amide bonds. The van der Waals surface area contributed by atoms with Gasteiger partial charge in [0.05, 0.1) is 19.0 Å². The quantitative estimate of drug-likeness (QED) is 0.446. The minimum Gasteiger partial charge on any atom is -0.617 e. The Balaban J connectivity index is 4.48. The zero-order valence-electron chi connectivity index (χ0n) is 7.71. The maximum Gasteiger partial charge on any atom is 0.312 e. The molecule has 0 aliphatic heterocycles. The normalized spacial score (nSPS) is 14.7. The Morgan fingerprint density at radius 1 is 1.33 bits per heavy atom. The largest absolute Gasteiger partial charge is 0.617 e. The first-order valence-electron chi connectivity index (χ1n) is 3.54. The van der Waals surface area contributed by atoms with Crippen LogP contribution in [-0.4, -0.2) is 20.2 Å². The van der Waals surface area contributed by atoms with Crippen molar-refractivity contribution in [2.75, 3.05) is 14.2 Å². The maximum absolute atomic E-state index is 10.9. The van der Waals surface area contributed by atoms with E-state index in [2.05, 4.69) is 9.47 Å². The molecule has 0 N–H and O–H groups in total. The number of carbonyl (C=O) groups is 1. The molecule has 12 heavy (non-hydrogen) atoms. The summed E-state index contributed by atoms with van der Waals surface area (Å²) in [5.74, 6) is -1.45. The van der Waals surface area contributed by atoms with Gasteiger partial charge in [-0.05, 0) is 26.5 Å². The first-order valence-corrected chi connectivity index (χ1v) is 3.54. The molecule has 70 valence electrons. The summed E-state index contributed by atoms with van der Waals surface area (Å²) < 4.78 is 8.90. The van der Waals surface area contributed by atoms with Gasteiger partial charge in [0, 0.05) is 0 Å². The first-order chi connectivity index (χ1) is 5.54. The molecule has 0 rings (SSSR count). The van der Waals surface area contributed by atoms with Crippen LogP contribution in [0.2, 0.25) is 0 Å². The van der Waals surface area contributed by atoms with Crippen molar-refractivity contribution in [2.24, 2.45) is 5.92 Å². The highest BCUT2D eigenvalue weighted by atomic mass is 16.6. The molecule has 0 aromatic carbocycles. The lowest BCUT2D eigenvalue weighted by Crippen LogP contribution is -2.19. The zero-order valence-corrected chi connectivity index (χ0v) is 7.71. The van der Waals surface area contributed by atoms with E-state index in [1.54, 1.807) is 13.8 Å². The Hall–Kier alpha value is -1.19. The highest BCUT2D eigenvalue weighted by molar-refractivity contribution is 5.75. The number of rotatable bonds is 3. The predicted octanol–water partition coefficient (Wildman–Crippen LogP) is 0.0337. The lowest BCUT2D eigenvalue weighted by Gasteiger charge is -2.17. The second-order valence-electron chi connectivity index (χ2n) is 2.42. The number of carbonyl (C=O) groups excluding carboxylic acids is 1. The van der Waals surface area contributed by atoms with Gasteiger partial charge in [-0.1, -0.05) is 0 Å². The summed E-state index contributed by atoms with van der Waals surface area (Å²) >= 11 is 0. The molecule has 0 fully saturated rings. The highest BCUT2D eigenvalue weighted by Crippen LogP contribution is 2.13. The third kappa shape index (κ3) is 2.45. The summed E-state index contributed by atoms with van der Waals surface area (Å²) in [6.45, 7) is 3.14. The molecule has 0 spiro atoms. The monoisotopic (exact) mass is 173 g/mol. The number of esters is 1. The maximum atomic E-state index is 10.9. The predicted molar refractivity (Wildman–Crippen MR) is 40.9 cm³/mol. The summed E-state index contributed by atoms with van der Waals surface area (Å²) in [5.41, 5.74) is 0.351. The summed E-state index contributed by atoms with van der Waals surface area (Å²) in [6.07, 6.45) is 0. The molecular weight excluding hydrogens is 160 g/mol. The lowest BCUT2D eigenvalue weighted by molar-refractivity contribution is -0.355. The Morgan fingerprint density at radius 3 is 2.17 bits per heavy atom. The van der Waals surface area contributed by atoms with Gasteiger partial charge in [-0.25, -0.2) is 0 Å². The van der Waals surface area contributed by atoms with Crippen molar-refractivity contribution < 1.29 is 19.4 Å². The number of hydrogen-bond donors (Lipinski definition) is 0. The van der Waals surface area contributed by atoms with Crippen molar-refractivity contribution in [3.05, 3.63) is 11.5 Å². The standard InChI is InChI=1S/C8H14O4/c1-5(7(9)11-3)6(2)8(10)12-4/h5,10H,1-4H3/p-1/b8-6+. The van der Waals surface area contributed by atoms with Crippen LogP contribution in [-0.2, 0) is 14.3 Å². The molecular formula is C8H13O4-. The molecule has 0 heterocycles. The SMILES string of the molecule is COC(=O)C(C)/C(C)=C(\[O-])OC. The summed E-state index contributed by atoms with van der Waals surface area (Å²) in [5, 5.41) is 10.9. The third-order valence-corrected chi connectivity index (χ3v) is 1.71. The molecule has 4 heteroatoms. The summed E-state index contributed by atoms with van der Waals surface area (Å²) in [7, 11) is 2.55. The topological polar surface area (TPSA) is 58.6 Å². The van der Waals surface area contributed by atoms with E-state index in [9.17, 15) is 9.90 Å². The van der Waals surface area contributed by atoms with Crippen LogP contribution >= 0.6 is 0 Å². The molecule has 0 saturated heterocycles. The van der Waals surface area contributed by atoms with Gasteiger partial charge < -0.3 is 14.6 Å². The Labute approximate surface area is 71.8 Å². The van der Waals surface area contributed by atoms with Gasteiger partial charge in [0.1, 0.15) is 0 Å². The van der Waals surface area contributed by atoms with Crippen LogP contribution in [0.15, 0.2) is 11.5 Å². The molecule has 0 aliphatic carbocycles. The van der Waals surface area contributed by atoms with Crippen molar-refractivity contribution in [3.63, 3.8) is 0 Å². The van der Waals surface area contributed by atoms with E-state index < -0.39 is 17.8 Å². The van der Waals surface area contributed by atoms with Crippen LogP contribution in [0.3, 0.4) is 0 Å². The highest BCUT2D eigenvalue weighted by Gasteiger charge is 2.15. The van der Waals surface area contributed by atoms with Crippen LogP contribution in [0, 0.1) is 5.92 Å². The fourth-order valence-corrected chi connectivity index (χ4v) is 0.691. The summed E-state index contributed by atoms with van der Waals surface area (Å²) in [4.78, 5) is 10.9. The van der Waals surface area contributed by atoms with E-state index in [1.165, 1.54) is 14.2 Å². The van der Waals surface area contributed by atoms with Gasteiger partial charge in [0.2, 0.25) is 0 Å².